The lowest BCUT2D eigenvalue weighted by molar-refractivity contribution is 0.0697. The fraction of sp³-hybridized carbons (Fsp3) is 0. The molecule has 0 aliphatic carbocycles. The largest absolute Gasteiger partial charge is 0.478 e. The van der Waals surface area contributed by atoms with E-state index in [0.29, 0.717) is 20.9 Å². The van der Waals surface area contributed by atoms with Crippen molar-refractivity contribution in [2.75, 3.05) is 10.6 Å². The van der Waals surface area contributed by atoms with Gasteiger partial charge in [-0.25, -0.2) is 9.59 Å². The molecule has 0 saturated heterocycles. The minimum absolute atomic E-state index is 0.127. The number of halogens is 2. The van der Waals surface area contributed by atoms with Crippen molar-refractivity contribution in [3.63, 3.8) is 0 Å². The molecule has 0 heterocycles. The van der Waals surface area contributed by atoms with Gasteiger partial charge >= 0.3 is 12.0 Å². The standard InChI is InChI=1S/C14H10BrClN2O3/c15-11-6-8(13(19)20)4-5-12(11)18-14(21)17-10-3-1-2-9(16)7-10/h1-7H,(H,19,20)(H2,17,18,21). The number of hydrogen-bond acceptors (Lipinski definition) is 2. The van der Waals surface area contributed by atoms with Crippen molar-refractivity contribution in [1.82, 2.24) is 0 Å². The Morgan fingerprint density at radius 2 is 1.86 bits per heavy atom. The summed E-state index contributed by atoms with van der Waals surface area (Å²) >= 11 is 9.04. The van der Waals surface area contributed by atoms with E-state index in [9.17, 15) is 9.59 Å². The van der Waals surface area contributed by atoms with Gasteiger partial charge in [0.25, 0.3) is 0 Å². The normalized spacial score (nSPS) is 10.0. The van der Waals surface area contributed by atoms with Crippen molar-refractivity contribution in [3.8, 4) is 0 Å². The van der Waals surface area contributed by atoms with Gasteiger partial charge < -0.3 is 15.7 Å². The van der Waals surface area contributed by atoms with Crippen LogP contribution in [0.1, 0.15) is 10.4 Å². The van der Waals surface area contributed by atoms with Gasteiger partial charge in [0.15, 0.2) is 0 Å². The Kier molecular flexibility index (Phi) is 4.82. The molecule has 0 aliphatic rings. The number of carbonyl (C=O) groups is 2. The molecule has 0 atom stereocenters. The summed E-state index contributed by atoms with van der Waals surface area (Å²) in [6.45, 7) is 0. The number of nitrogens with one attached hydrogen (secondary N) is 2. The lowest BCUT2D eigenvalue weighted by atomic mass is 10.2. The highest BCUT2D eigenvalue weighted by molar-refractivity contribution is 9.10. The third-order valence-corrected chi connectivity index (χ3v) is 3.44. The fourth-order valence-corrected chi connectivity index (χ4v) is 2.27. The minimum atomic E-state index is -1.04. The van der Waals surface area contributed by atoms with Crippen molar-refractivity contribution < 1.29 is 14.7 Å². The van der Waals surface area contributed by atoms with Crippen LogP contribution >= 0.6 is 27.5 Å². The Morgan fingerprint density at radius 1 is 1.10 bits per heavy atom. The molecule has 0 spiro atoms. The first-order chi connectivity index (χ1) is 9.95. The van der Waals surface area contributed by atoms with Gasteiger partial charge in [-0.1, -0.05) is 17.7 Å². The Bertz CT molecular complexity index is 706. The number of aromatic carboxylic acids is 1. The van der Waals surface area contributed by atoms with Gasteiger partial charge in [-0.15, -0.1) is 0 Å². The van der Waals surface area contributed by atoms with Gasteiger partial charge in [-0.3, -0.25) is 0 Å². The van der Waals surface area contributed by atoms with Crippen LogP contribution in [0, 0.1) is 0 Å². The van der Waals surface area contributed by atoms with E-state index in [0.717, 1.165) is 0 Å². The lowest BCUT2D eigenvalue weighted by Gasteiger charge is -2.10. The van der Waals surface area contributed by atoms with Gasteiger partial charge in [-0.05, 0) is 52.3 Å². The van der Waals surface area contributed by atoms with Gasteiger partial charge in [0.2, 0.25) is 0 Å². The number of benzene rings is 2. The maximum Gasteiger partial charge on any atom is 0.335 e. The van der Waals surface area contributed by atoms with Crippen LogP contribution in [-0.2, 0) is 0 Å². The highest BCUT2D eigenvalue weighted by Crippen LogP contribution is 2.24. The van der Waals surface area contributed by atoms with E-state index in [2.05, 4.69) is 26.6 Å². The van der Waals surface area contributed by atoms with Crippen LogP contribution in [0.5, 0.6) is 0 Å². The van der Waals surface area contributed by atoms with Crippen molar-refractivity contribution >= 4 is 50.9 Å². The Morgan fingerprint density at radius 3 is 2.48 bits per heavy atom. The van der Waals surface area contributed by atoms with Crippen LogP contribution in [-0.4, -0.2) is 17.1 Å². The zero-order valence-electron chi connectivity index (χ0n) is 10.6. The number of carbonyl (C=O) groups excluding carboxylic acids is 1. The maximum absolute atomic E-state index is 11.9. The number of rotatable bonds is 3. The van der Waals surface area contributed by atoms with Crippen LogP contribution in [0.4, 0.5) is 16.2 Å². The van der Waals surface area contributed by atoms with Crippen LogP contribution < -0.4 is 10.6 Å². The zero-order chi connectivity index (χ0) is 15.4. The van der Waals surface area contributed by atoms with Crippen LogP contribution in [0.15, 0.2) is 46.9 Å². The molecule has 0 fully saturated rings. The van der Waals surface area contributed by atoms with Crippen LogP contribution in [0.2, 0.25) is 5.02 Å². The summed E-state index contributed by atoms with van der Waals surface area (Å²) in [7, 11) is 0. The number of amides is 2. The van der Waals surface area contributed by atoms with Gasteiger partial charge in [-0.2, -0.15) is 0 Å². The summed E-state index contributed by atoms with van der Waals surface area (Å²) < 4.78 is 0.476. The first kappa shape index (κ1) is 15.3. The molecule has 0 bridgehead atoms. The fourth-order valence-electron chi connectivity index (χ4n) is 1.60. The summed E-state index contributed by atoms with van der Waals surface area (Å²) in [4.78, 5) is 22.7. The predicted octanol–water partition coefficient (Wildman–Crippen LogP) is 4.44. The summed E-state index contributed by atoms with van der Waals surface area (Å²) in [5.41, 5.74) is 1.14. The first-order valence-corrected chi connectivity index (χ1v) is 6.99. The van der Waals surface area contributed by atoms with Crippen LogP contribution in [0.3, 0.4) is 0 Å². The van der Waals surface area contributed by atoms with Crippen molar-refractivity contribution in [2.24, 2.45) is 0 Å². The second kappa shape index (κ2) is 6.60. The predicted molar refractivity (Wildman–Crippen MR) is 85.2 cm³/mol. The maximum atomic E-state index is 11.9. The second-order valence-electron chi connectivity index (χ2n) is 4.09. The summed E-state index contributed by atoms with van der Waals surface area (Å²) in [6, 6.07) is 10.6. The Labute approximate surface area is 134 Å². The molecule has 3 N–H and O–H groups in total. The number of carboxylic acid groups (broad SMARTS) is 1. The summed E-state index contributed by atoms with van der Waals surface area (Å²) in [6.07, 6.45) is 0. The van der Waals surface area contributed by atoms with E-state index in [-0.39, 0.29) is 5.56 Å². The van der Waals surface area contributed by atoms with E-state index in [1.807, 2.05) is 0 Å². The lowest BCUT2D eigenvalue weighted by Crippen LogP contribution is -2.19. The van der Waals surface area contributed by atoms with Gasteiger partial charge in [0.05, 0.1) is 11.3 Å². The number of hydrogen-bond donors (Lipinski definition) is 3. The van der Waals surface area contributed by atoms with E-state index in [1.54, 1.807) is 24.3 Å². The average molecular weight is 370 g/mol. The van der Waals surface area contributed by atoms with Gasteiger partial charge in [0, 0.05) is 15.2 Å². The van der Waals surface area contributed by atoms with Crippen molar-refractivity contribution in [1.29, 1.82) is 0 Å². The highest BCUT2D eigenvalue weighted by Gasteiger charge is 2.09. The molecule has 0 radical (unpaired) electrons. The smallest absolute Gasteiger partial charge is 0.335 e. The highest BCUT2D eigenvalue weighted by atomic mass is 79.9. The SMILES string of the molecule is O=C(Nc1cccc(Cl)c1)Nc1ccc(C(=O)O)cc1Br. The molecule has 0 unspecified atom stereocenters. The number of carboxylic acids is 1. The molecule has 5 nitrogen and oxygen atoms in total. The quantitative estimate of drug-likeness (QED) is 0.748. The molecular formula is C14H10BrClN2O3. The van der Waals surface area contributed by atoms with E-state index in [1.165, 1.54) is 18.2 Å². The molecule has 108 valence electrons. The summed E-state index contributed by atoms with van der Waals surface area (Å²) in [5, 5.41) is 14.6. The van der Waals surface area contributed by atoms with Crippen molar-refractivity contribution in [2.45, 2.75) is 0 Å². The molecule has 0 aromatic heterocycles. The first-order valence-electron chi connectivity index (χ1n) is 5.82. The van der Waals surface area contributed by atoms with Crippen LogP contribution in [0.25, 0.3) is 0 Å². The molecule has 2 aromatic rings. The Hall–Kier alpha value is -2.05. The monoisotopic (exact) mass is 368 g/mol. The average Bonchev–Trinajstić information content (AvgIpc) is 2.40. The third kappa shape index (κ3) is 4.21. The molecule has 21 heavy (non-hydrogen) atoms. The molecule has 7 heteroatoms. The molecule has 2 rings (SSSR count). The zero-order valence-corrected chi connectivity index (χ0v) is 12.9. The molecular weight excluding hydrogens is 360 g/mol. The van der Waals surface area contributed by atoms with E-state index in [4.69, 9.17) is 16.7 Å². The van der Waals surface area contributed by atoms with Crippen molar-refractivity contribution in [3.05, 3.63) is 57.5 Å². The number of anilines is 2. The third-order valence-electron chi connectivity index (χ3n) is 2.55. The van der Waals surface area contributed by atoms with E-state index >= 15 is 0 Å². The van der Waals surface area contributed by atoms with E-state index < -0.39 is 12.0 Å². The topological polar surface area (TPSA) is 78.4 Å². The van der Waals surface area contributed by atoms with Gasteiger partial charge in [0.1, 0.15) is 0 Å². The Balaban J connectivity index is 2.08. The molecule has 2 amide bonds. The number of urea groups is 1. The molecule has 0 aliphatic heterocycles. The summed E-state index contributed by atoms with van der Waals surface area (Å²) in [5.74, 6) is -1.04. The second-order valence-corrected chi connectivity index (χ2v) is 5.38. The molecule has 2 aromatic carbocycles. The molecule has 0 saturated carbocycles. The minimum Gasteiger partial charge on any atom is -0.478 e.